The van der Waals surface area contributed by atoms with Gasteiger partial charge in [0.15, 0.2) is 0 Å². The van der Waals surface area contributed by atoms with E-state index in [1.807, 2.05) is 0 Å². The predicted octanol–water partition coefficient (Wildman–Crippen LogP) is 2.53. The van der Waals surface area contributed by atoms with E-state index >= 15 is 0 Å². The average molecular weight is 451 g/mol. The van der Waals surface area contributed by atoms with Crippen LogP contribution >= 0.6 is 24.8 Å². The van der Waals surface area contributed by atoms with Crippen molar-refractivity contribution >= 4 is 42.5 Å². The highest BCUT2D eigenvalue weighted by Gasteiger charge is 2.36. The Morgan fingerprint density at radius 1 is 1.00 bits per heavy atom. The number of nitrogens with zero attached hydrogens (tertiary/aromatic N) is 3. The quantitative estimate of drug-likeness (QED) is 0.721. The Balaban J connectivity index is 0.00000160. The van der Waals surface area contributed by atoms with Gasteiger partial charge in [0, 0.05) is 31.0 Å². The first-order chi connectivity index (χ1) is 13.6. The molecule has 4 rings (SSSR count). The fraction of sp³-hybridized carbons (Fsp3) is 0.333. The molecule has 2 aliphatic heterocycles. The lowest BCUT2D eigenvalue weighted by Crippen LogP contribution is -2.40. The number of rotatable bonds is 4. The standard InChI is InChI=1S/C21H22N4O3.2ClH/c22-12-14-5-9-24(10-6-14)19(26)16-1-2-17-18(11-16)21(28)25(20(17)27)13-15-3-7-23-8-4-15;;/h1-4,7-8,11,14H,5-6,9-10,12-13,22H2;2*1H. The lowest BCUT2D eigenvalue weighted by Gasteiger charge is -2.31. The number of piperidine rings is 1. The molecule has 0 radical (unpaired) electrons. The van der Waals surface area contributed by atoms with Crippen LogP contribution in [0.15, 0.2) is 42.7 Å². The largest absolute Gasteiger partial charge is 0.339 e. The van der Waals surface area contributed by atoms with Crippen molar-refractivity contribution in [3.63, 3.8) is 0 Å². The van der Waals surface area contributed by atoms with Gasteiger partial charge in [0.25, 0.3) is 17.7 Å². The van der Waals surface area contributed by atoms with Crippen LogP contribution in [0.1, 0.15) is 49.5 Å². The van der Waals surface area contributed by atoms with E-state index < -0.39 is 0 Å². The summed E-state index contributed by atoms with van der Waals surface area (Å²) in [6, 6.07) is 8.31. The van der Waals surface area contributed by atoms with Gasteiger partial charge in [-0.15, -0.1) is 24.8 Å². The summed E-state index contributed by atoms with van der Waals surface area (Å²) in [7, 11) is 0. The van der Waals surface area contributed by atoms with Crippen molar-refractivity contribution in [1.82, 2.24) is 14.8 Å². The Morgan fingerprint density at radius 3 is 2.27 bits per heavy atom. The molecule has 2 N–H and O–H groups in total. The second-order valence-electron chi connectivity index (χ2n) is 7.28. The van der Waals surface area contributed by atoms with E-state index in [1.165, 1.54) is 4.90 Å². The third-order valence-electron chi connectivity index (χ3n) is 5.54. The molecule has 7 nitrogen and oxygen atoms in total. The number of carbonyl (C=O) groups excluding carboxylic acids is 3. The molecule has 0 aliphatic carbocycles. The van der Waals surface area contributed by atoms with Crippen molar-refractivity contribution in [2.75, 3.05) is 19.6 Å². The third kappa shape index (κ3) is 4.48. The lowest BCUT2D eigenvalue weighted by atomic mass is 9.96. The smallest absolute Gasteiger partial charge is 0.261 e. The van der Waals surface area contributed by atoms with E-state index in [-0.39, 0.29) is 49.1 Å². The highest BCUT2D eigenvalue weighted by molar-refractivity contribution is 6.22. The average Bonchev–Trinajstić information content (AvgIpc) is 2.98. The Hall–Kier alpha value is -2.48. The van der Waals surface area contributed by atoms with Crippen molar-refractivity contribution in [3.05, 3.63) is 65.0 Å². The van der Waals surface area contributed by atoms with Gasteiger partial charge in [0.2, 0.25) is 0 Å². The molecule has 3 heterocycles. The molecular formula is C21H24Cl2N4O3. The van der Waals surface area contributed by atoms with Gasteiger partial charge in [-0.05, 0) is 61.2 Å². The second-order valence-corrected chi connectivity index (χ2v) is 7.28. The van der Waals surface area contributed by atoms with Crippen LogP contribution in [0, 0.1) is 5.92 Å². The van der Waals surface area contributed by atoms with E-state index in [2.05, 4.69) is 4.98 Å². The first-order valence-electron chi connectivity index (χ1n) is 9.47. The van der Waals surface area contributed by atoms with E-state index in [1.54, 1.807) is 47.6 Å². The molecule has 160 valence electrons. The van der Waals surface area contributed by atoms with Gasteiger partial charge in [-0.25, -0.2) is 0 Å². The van der Waals surface area contributed by atoms with Crippen LogP contribution in [0.5, 0.6) is 0 Å². The van der Waals surface area contributed by atoms with Crippen LogP contribution in [-0.2, 0) is 6.54 Å². The van der Waals surface area contributed by atoms with Gasteiger partial charge in [-0.2, -0.15) is 0 Å². The zero-order valence-corrected chi connectivity index (χ0v) is 18.0. The molecule has 9 heteroatoms. The summed E-state index contributed by atoms with van der Waals surface area (Å²) in [4.78, 5) is 45.2. The highest BCUT2D eigenvalue weighted by Crippen LogP contribution is 2.27. The number of nitrogens with two attached hydrogens (primary N) is 1. The van der Waals surface area contributed by atoms with Crippen molar-refractivity contribution in [3.8, 4) is 0 Å². The zero-order valence-electron chi connectivity index (χ0n) is 16.3. The van der Waals surface area contributed by atoms with Crippen LogP contribution in [0.3, 0.4) is 0 Å². The molecular weight excluding hydrogens is 427 g/mol. The van der Waals surface area contributed by atoms with Crippen molar-refractivity contribution in [2.24, 2.45) is 11.7 Å². The summed E-state index contributed by atoms with van der Waals surface area (Å²) in [5.74, 6) is -0.344. The number of benzene rings is 1. The molecule has 3 amide bonds. The first-order valence-corrected chi connectivity index (χ1v) is 9.47. The molecule has 0 atom stereocenters. The maximum absolute atomic E-state index is 12.8. The predicted molar refractivity (Wildman–Crippen MR) is 117 cm³/mol. The summed E-state index contributed by atoms with van der Waals surface area (Å²) in [5, 5.41) is 0. The Kier molecular flexibility index (Phi) is 7.95. The second kappa shape index (κ2) is 10.0. The minimum atomic E-state index is -0.367. The molecule has 0 bridgehead atoms. The molecule has 2 aliphatic rings. The van der Waals surface area contributed by atoms with E-state index in [0.29, 0.717) is 42.2 Å². The van der Waals surface area contributed by atoms with E-state index in [0.717, 1.165) is 18.4 Å². The number of amides is 3. The molecule has 0 saturated carbocycles. The summed E-state index contributed by atoms with van der Waals surface area (Å²) in [5.41, 5.74) is 7.62. The number of likely N-dealkylation sites (tertiary alicyclic amines) is 1. The van der Waals surface area contributed by atoms with Crippen LogP contribution in [0.25, 0.3) is 0 Å². The number of hydrogen-bond acceptors (Lipinski definition) is 5. The van der Waals surface area contributed by atoms with Gasteiger partial charge >= 0.3 is 0 Å². The van der Waals surface area contributed by atoms with Crippen LogP contribution in [0.2, 0.25) is 0 Å². The van der Waals surface area contributed by atoms with Crippen LogP contribution in [0.4, 0.5) is 0 Å². The molecule has 0 unspecified atom stereocenters. The maximum atomic E-state index is 12.8. The van der Waals surface area contributed by atoms with Crippen molar-refractivity contribution in [1.29, 1.82) is 0 Å². The lowest BCUT2D eigenvalue weighted by molar-refractivity contribution is 0.0641. The Bertz CT molecular complexity index is 931. The van der Waals surface area contributed by atoms with E-state index in [4.69, 9.17) is 5.73 Å². The molecule has 1 fully saturated rings. The monoisotopic (exact) mass is 450 g/mol. The number of imide groups is 1. The van der Waals surface area contributed by atoms with Crippen LogP contribution < -0.4 is 5.73 Å². The fourth-order valence-corrected chi connectivity index (χ4v) is 3.79. The number of pyridine rings is 1. The summed E-state index contributed by atoms with van der Waals surface area (Å²) in [6.45, 7) is 2.16. The first kappa shape index (κ1) is 23.8. The van der Waals surface area contributed by atoms with Gasteiger partial charge < -0.3 is 10.6 Å². The summed E-state index contributed by atoms with van der Waals surface area (Å²) < 4.78 is 0. The van der Waals surface area contributed by atoms with E-state index in [9.17, 15) is 14.4 Å². The highest BCUT2D eigenvalue weighted by atomic mass is 35.5. The number of carbonyl (C=O) groups is 3. The topological polar surface area (TPSA) is 96.6 Å². The van der Waals surface area contributed by atoms with Gasteiger partial charge in [0.1, 0.15) is 0 Å². The number of halogens is 2. The number of fused-ring (bicyclic) bond motifs is 1. The van der Waals surface area contributed by atoms with Crippen molar-refractivity contribution < 1.29 is 14.4 Å². The van der Waals surface area contributed by atoms with Gasteiger partial charge in [-0.1, -0.05) is 0 Å². The third-order valence-corrected chi connectivity index (χ3v) is 5.54. The molecule has 1 saturated heterocycles. The van der Waals surface area contributed by atoms with Gasteiger partial charge in [-0.3, -0.25) is 24.3 Å². The zero-order chi connectivity index (χ0) is 19.7. The van der Waals surface area contributed by atoms with Crippen LogP contribution in [-0.4, -0.2) is 52.1 Å². The maximum Gasteiger partial charge on any atom is 0.261 e. The SMILES string of the molecule is Cl.Cl.NCC1CCN(C(=O)c2ccc3c(c2)C(=O)N(Cc2ccncc2)C3=O)CC1. The van der Waals surface area contributed by atoms with Crippen molar-refractivity contribution in [2.45, 2.75) is 19.4 Å². The minimum absolute atomic E-state index is 0. The molecule has 0 spiro atoms. The summed E-state index contributed by atoms with van der Waals surface area (Å²) in [6.07, 6.45) is 5.03. The minimum Gasteiger partial charge on any atom is -0.339 e. The fourth-order valence-electron chi connectivity index (χ4n) is 3.79. The number of aromatic nitrogens is 1. The molecule has 1 aromatic heterocycles. The molecule has 2 aromatic rings. The number of hydrogen-bond donors (Lipinski definition) is 1. The Morgan fingerprint density at radius 2 is 1.63 bits per heavy atom. The molecule has 1 aromatic carbocycles. The van der Waals surface area contributed by atoms with Gasteiger partial charge in [0.05, 0.1) is 17.7 Å². The molecule has 30 heavy (non-hydrogen) atoms. The summed E-state index contributed by atoms with van der Waals surface area (Å²) >= 11 is 0. The Labute approximate surface area is 187 Å². The normalized spacial score (nSPS) is 16.0.